The lowest BCUT2D eigenvalue weighted by molar-refractivity contribution is 0.0126. The zero-order valence-electron chi connectivity index (χ0n) is 9.36. The summed E-state index contributed by atoms with van der Waals surface area (Å²) in [4.78, 5) is 13.3. The van der Waals surface area contributed by atoms with Crippen molar-refractivity contribution in [3.8, 4) is 0 Å². The molecular weight excluding hydrogens is 309 g/mol. The van der Waals surface area contributed by atoms with Crippen molar-refractivity contribution in [3.05, 3.63) is 0 Å². The van der Waals surface area contributed by atoms with Gasteiger partial charge in [-0.05, 0) is 27.2 Å². The summed E-state index contributed by atoms with van der Waals surface area (Å²) in [5, 5.41) is 9.52. The van der Waals surface area contributed by atoms with Crippen LogP contribution in [-0.4, -0.2) is 44.8 Å². The van der Waals surface area contributed by atoms with Gasteiger partial charge in [-0.1, -0.05) is 22.6 Å². The van der Waals surface area contributed by atoms with Crippen LogP contribution < -0.4 is 0 Å². The Labute approximate surface area is 104 Å². The summed E-state index contributed by atoms with van der Waals surface area (Å²) >= 11 is 2.17. The number of likely N-dealkylation sites (tertiary alicyclic amines) is 1. The van der Waals surface area contributed by atoms with Crippen LogP contribution >= 0.6 is 22.6 Å². The van der Waals surface area contributed by atoms with Crippen molar-refractivity contribution in [2.75, 3.05) is 13.1 Å². The van der Waals surface area contributed by atoms with Crippen molar-refractivity contribution in [1.29, 1.82) is 0 Å². The lowest BCUT2D eigenvalue weighted by Gasteiger charge is -2.34. The Balaban J connectivity index is 2.48. The quantitative estimate of drug-likeness (QED) is 0.545. The average Bonchev–Trinajstić information content (AvgIpc) is 2.06. The van der Waals surface area contributed by atoms with E-state index in [2.05, 4.69) is 22.6 Å². The fourth-order valence-corrected chi connectivity index (χ4v) is 2.22. The molecule has 1 aliphatic rings. The maximum absolute atomic E-state index is 11.7. The predicted molar refractivity (Wildman–Crippen MR) is 66.2 cm³/mol. The van der Waals surface area contributed by atoms with Gasteiger partial charge in [0.25, 0.3) is 0 Å². The van der Waals surface area contributed by atoms with Crippen LogP contribution in [0.15, 0.2) is 0 Å². The Morgan fingerprint density at radius 2 is 2.13 bits per heavy atom. The maximum Gasteiger partial charge on any atom is 0.410 e. The molecule has 88 valence electrons. The first-order chi connectivity index (χ1) is 6.79. The van der Waals surface area contributed by atoms with Crippen molar-refractivity contribution >= 4 is 28.7 Å². The Kier molecular flexibility index (Phi) is 4.22. The van der Waals surface area contributed by atoms with E-state index in [1.54, 1.807) is 4.90 Å². The van der Waals surface area contributed by atoms with E-state index in [1.807, 2.05) is 20.8 Å². The van der Waals surface area contributed by atoms with Crippen LogP contribution in [0, 0.1) is 0 Å². The third-order valence-electron chi connectivity index (χ3n) is 2.16. The first-order valence-electron chi connectivity index (χ1n) is 5.09. The summed E-state index contributed by atoms with van der Waals surface area (Å²) in [7, 11) is 0. The van der Waals surface area contributed by atoms with Gasteiger partial charge in [-0.2, -0.15) is 0 Å². The van der Waals surface area contributed by atoms with Gasteiger partial charge in [-0.15, -0.1) is 0 Å². The van der Waals surface area contributed by atoms with Gasteiger partial charge in [-0.25, -0.2) is 4.79 Å². The topological polar surface area (TPSA) is 49.8 Å². The van der Waals surface area contributed by atoms with Crippen molar-refractivity contribution in [3.63, 3.8) is 0 Å². The minimum absolute atomic E-state index is 0.101. The highest BCUT2D eigenvalue weighted by Crippen LogP contribution is 2.20. The molecule has 4 nitrogen and oxygen atoms in total. The molecule has 0 spiro atoms. The number of rotatable bonds is 0. The van der Waals surface area contributed by atoms with Gasteiger partial charge in [-0.3, -0.25) is 0 Å². The van der Waals surface area contributed by atoms with E-state index < -0.39 is 5.60 Å². The molecule has 15 heavy (non-hydrogen) atoms. The second kappa shape index (κ2) is 4.86. The number of aliphatic hydroxyl groups is 1. The fraction of sp³-hybridized carbons (Fsp3) is 0.900. The molecule has 0 radical (unpaired) electrons. The van der Waals surface area contributed by atoms with Crippen LogP contribution in [0.4, 0.5) is 4.79 Å². The summed E-state index contributed by atoms with van der Waals surface area (Å²) in [5.41, 5.74) is -0.450. The third-order valence-corrected chi connectivity index (χ3v) is 3.38. The van der Waals surface area contributed by atoms with Crippen LogP contribution in [-0.2, 0) is 4.74 Å². The molecule has 0 saturated carbocycles. The fourth-order valence-electron chi connectivity index (χ4n) is 1.38. The SMILES string of the molecule is CC(C)(C)OC(=O)N1CC[C@@H](O)C(I)C1. The molecular formula is C10H18INO3. The first kappa shape index (κ1) is 13.0. The lowest BCUT2D eigenvalue weighted by Crippen LogP contribution is -2.48. The number of hydrogen-bond donors (Lipinski definition) is 1. The Hall–Kier alpha value is -0.0400. The number of carbonyl (C=O) groups excluding carboxylic acids is 1. The van der Waals surface area contributed by atoms with Crippen molar-refractivity contribution in [2.45, 2.75) is 42.8 Å². The van der Waals surface area contributed by atoms with Crippen molar-refractivity contribution in [2.24, 2.45) is 0 Å². The van der Waals surface area contributed by atoms with Crippen LogP contribution in [0.3, 0.4) is 0 Å². The second-order valence-electron chi connectivity index (χ2n) is 4.80. The van der Waals surface area contributed by atoms with E-state index >= 15 is 0 Å². The van der Waals surface area contributed by atoms with E-state index in [0.717, 1.165) is 0 Å². The highest BCUT2D eigenvalue weighted by atomic mass is 127. The standard InChI is InChI=1S/C10H18INO3/c1-10(2,3)15-9(14)12-5-4-8(13)7(11)6-12/h7-8,13H,4-6H2,1-3H3/t7?,8-/m1/s1. The molecule has 1 rings (SSSR count). The number of ether oxygens (including phenoxy) is 1. The van der Waals surface area contributed by atoms with Crippen molar-refractivity contribution in [1.82, 2.24) is 4.90 Å². The van der Waals surface area contributed by atoms with E-state index in [1.165, 1.54) is 0 Å². The molecule has 1 fully saturated rings. The van der Waals surface area contributed by atoms with Gasteiger partial charge >= 0.3 is 6.09 Å². The number of aliphatic hydroxyl groups excluding tert-OH is 1. The molecule has 1 unspecified atom stereocenters. The number of amides is 1. The van der Waals surface area contributed by atoms with Gasteiger partial charge in [0.05, 0.1) is 10.0 Å². The van der Waals surface area contributed by atoms with Gasteiger partial charge < -0.3 is 14.7 Å². The number of nitrogens with zero attached hydrogens (tertiary/aromatic N) is 1. The van der Waals surface area contributed by atoms with E-state index in [0.29, 0.717) is 19.5 Å². The molecule has 0 aliphatic carbocycles. The van der Waals surface area contributed by atoms with Gasteiger partial charge in [0.1, 0.15) is 5.60 Å². The highest BCUT2D eigenvalue weighted by molar-refractivity contribution is 14.1. The second-order valence-corrected chi connectivity index (χ2v) is 6.40. The monoisotopic (exact) mass is 327 g/mol. The molecule has 0 aromatic carbocycles. The number of carbonyl (C=O) groups is 1. The van der Waals surface area contributed by atoms with Crippen LogP contribution in [0.25, 0.3) is 0 Å². The largest absolute Gasteiger partial charge is 0.444 e. The zero-order valence-corrected chi connectivity index (χ0v) is 11.5. The van der Waals surface area contributed by atoms with Crippen LogP contribution in [0.5, 0.6) is 0 Å². The minimum atomic E-state index is -0.450. The number of hydrogen-bond acceptors (Lipinski definition) is 3. The summed E-state index contributed by atoms with van der Waals surface area (Å²) in [5.74, 6) is 0. The first-order valence-corrected chi connectivity index (χ1v) is 6.34. The van der Waals surface area contributed by atoms with Crippen LogP contribution in [0.2, 0.25) is 0 Å². The smallest absolute Gasteiger partial charge is 0.410 e. The van der Waals surface area contributed by atoms with Crippen molar-refractivity contribution < 1.29 is 14.6 Å². The average molecular weight is 327 g/mol. The van der Waals surface area contributed by atoms with Gasteiger partial charge in [0, 0.05) is 13.1 Å². The van der Waals surface area contributed by atoms with E-state index in [-0.39, 0.29) is 16.1 Å². The maximum atomic E-state index is 11.7. The lowest BCUT2D eigenvalue weighted by atomic mass is 10.1. The van der Waals surface area contributed by atoms with Gasteiger partial charge in [0.15, 0.2) is 0 Å². The predicted octanol–water partition coefficient (Wildman–Crippen LogP) is 1.79. The molecule has 1 aliphatic heterocycles. The van der Waals surface area contributed by atoms with Gasteiger partial charge in [0.2, 0.25) is 0 Å². The molecule has 2 atom stereocenters. The Morgan fingerprint density at radius 1 is 1.53 bits per heavy atom. The Bertz CT molecular complexity index is 239. The van der Waals surface area contributed by atoms with Crippen LogP contribution in [0.1, 0.15) is 27.2 Å². The number of halogens is 1. The molecule has 0 aromatic rings. The molecule has 0 bridgehead atoms. The molecule has 5 heteroatoms. The highest BCUT2D eigenvalue weighted by Gasteiger charge is 2.30. The van der Waals surface area contributed by atoms with E-state index in [4.69, 9.17) is 4.74 Å². The normalized spacial score (nSPS) is 27.7. The molecule has 1 N–H and O–H groups in total. The third kappa shape index (κ3) is 4.14. The Morgan fingerprint density at radius 3 is 2.60 bits per heavy atom. The molecule has 1 saturated heterocycles. The molecule has 1 heterocycles. The summed E-state index contributed by atoms with van der Waals surface area (Å²) in [6.07, 6.45) is 0.0488. The summed E-state index contributed by atoms with van der Waals surface area (Å²) in [6.45, 7) is 6.70. The summed E-state index contributed by atoms with van der Waals surface area (Å²) in [6, 6.07) is 0. The minimum Gasteiger partial charge on any atom is -0.444 e. The van der Waals surface area contributed by atoms with E-state index in [9.17, 15) is 9.90 Å². The molecule has 0 aromatic heterocycles. The molecule has 1 amide bonds. The zero-order chi connectivity index (χ0) is 11.6. The summed E-state index contributed by atoms with van der Waals surface area (Å²) < 4.78 is 5.36. The number of alkyl halides is 1. The number of piperidine rings is 1.